The molecule has 4 bridgehead atoms. The minimum Gasteiger partial charge on any atom is -0.271 e. The Balaban J connectivity index is 1.78. The van der Waals surface area contributed by atoms with Crippen LogP contribution in [0.25, 0.3) is 0 Å². The number of rotatable bonds is 4. The van der Waals surface area contributed by atoms with Gasteiger partial charge in [0.2, 0.25) is 0 Å². The van der Waals surface area contributed by atoms with Crippen LogP contribution in [0.2, 0.25) is 0 Å². The zero-order valence-corrected chi connectivity index (χ0v) is 10.6. The molecule has 94 valence electrons. The van der Waals surface area contributed by atoms with Crippen LogP contribution >= 0.6 is 0 Å². The monoisotopic (exact) mass is 232 g/mol. The highest BCUT2D eigenvalue weighted by atomic mass is 15.2. The van der Waals surface area contributed by atoms with Crippen molar-refractivity contribution in [3.63, 3.8) is 0 Å². The zero-order valence-electron chi connectivity index (χ0n) is 10.6. The average Bonchev–Trinajstić information content (AvgIpc) is 2.27. The normalized spacial score (nSPS) is 44.6. The van der Waals surface area contributed by atoms with Gasteiger partial charge in [-0.05, 0) is 68.1 Å². The molecule has 0 saturated heterocycles. The molecule has 1 unspecified atom stereocenters. The number of hydrogen-bond acceptors (Lipinski definition) is 2. The Morgan fingerprint density at radius 2 is 1.71 bits per heavy atom. The maximum absolute atomic E-state index is 5.82. The molecule has 2 heteroatoms. The van der Waals surface area contributed by atoms with Gasteiger partial charge in [0.15, 0.2) is 0 Å². The molecular formula is C15H24N2. The summed E-state index contributed by atoms with van der Waals surface area (Å²) in [6.07, 6.45) is 16.0. The van der Waals surface area contributed by atoms with Crippen LogP contribution in [0.5, 0.6) is 0 Å². The third-order valence-electron chi connectivity index (χ3n) is 5.60. The van der Waals surface area contributed by atoms with E-state index in [-0.39, 0.29) is 0 Å². The van der Waals surface area contributed by atoms with Gasteiger partial charge in [-0.2, -0.15) is 0 Å². The minimum absolute atomic E-state index is 0.451. The second-order valence-electron chi connectivity index (χ2n) is 6.74. The van der Waals surface area contributed by atoms with E-state index in [1.807, 2.05) is 0 Å². The van der Waals surface area contributed by atoms with E-state index in [4.69, 9.17) is 12.3 Å². The molecule has 0 aromatic rings. The fourth-order valence-corrected chi connectivity index (χ4v) is 5.40. The van der Waals surface area contributed by atoms with Gasteiger partial charge in [0.1, 0.15) is 0 Å². The molecule has 0 aromatic heterocycles. The van der Waals surface area contributed by atoms with Crippen molar-refractivity contribution >= 4 is 0 Å². The smallest absolute Gasteiger partial charge is 0.0276 e. The third kappa shape index (κ3) is 1.90. The van der Waals surface area contributed by atoms with E-state index in [0.717, 1.165) is 30.6 Å². The highest BCUT2D eigenvalue weighted by molar-refractivity contribution is 5.06. The van der Waals surface area contributed by atoms with Crippen molar-refractivity contribution in [2.24, 2.45) is 29.0 Å². The molecule has 0 amide bonds. The van der Waals surface area contributed by atoms with Crippen molar-refractivity contribution in [3.8, 4) is 12.3 Å². The van der Waals surface area contributed by atoms with E-state index in [9.17, 15) is 0 Å². The Labute approximate surface area is 105 Å². The summed E-state index contributed by atoms with van der Waals surface area (Å²) in [4.78, 5) is 0. The molecule has 4 aliphatic carbocycles. The minimum atomic E-state index is 0.451. The van der Waals surface area contributed by atoms with Gasteiger partial charge in [0.05, 0.1) is 0 Å². The highest BCUT2D eigenvalue weighted by Crippen LogP contribution is 2.61. The molecule has 17 heavy (non-hydrogen) atoms. The third-order valence-corrected chi connectivity index (χ3v) is 5.60. The summed E-state index contributed by atoms with van der Waals surface area (Å²) in [6.45, 7) is 0. The molecule has 0 radical (unpaired) electrons. The molecule has 1 atom stereocenters. The summed E-state index contributed by atoms with van der Waals surface area (Å²) in [6, 6.07) is 0.451. The Kier molecular flexibility index (Phi) is 2.92. The number of hydrazine groups is 1. The lowest BCUT2D eigenvalue weighted by Gasteiger charge is -2.59. The van der Waals surface area contributed by atoms with Crippen LogP contribution in [0.4, 0.5) is 0 Å². The van der Waals surface area contributed by atoms with Crippen LogP contribution in [0.15, 0.2) is 0 Å². The van der Waals surface area contributed by atoms with Gasteiger partial charge in [-0.25, -0.2) is 0 Å². The maximum atomic E-state index is 5.82. The lowest BCUT2D eigenvalue weighted by molar-refractivity contribution is -0.0750. The quantitative estimate of drug-likeness (QED) is 0.444. The van der Waals surface area contributed by atoms with Crippen LogP contribution in [-0.2, 0) is 0 Å². The predicted octanol–water partition coefficient (Wildman–Crippen LogP) is 2.45. The maximum Gasteiger partial charge on any atom is 0.0276 e. The summed E-state index contributed by atoms with van der Waals surface area (Å²) < 4.78 is 0. The van der Waals surface area contributed by atoms with Crippen molar-refractivity contribution in [2.75, 3.05) is 0 Å². The Morgan fingerprint density at radius 1 is 1.18 bits per heavy atom. The molecule has 4 saturated carbocycles. The molecule has 0 aliphatic heterocycles. The molecule has 3 N–H and O–H groups in total. The topological polar surface area (TPSA) is 38.0 Å². The Hall–Kier alpha value is -0.520. The van der Waals surface area contributed by atoms with Crippen molar-refractivity contribution in [3.05, 3.63) is 0 Å². The van der Waals surface area contributed by atoms with Crippen LogP contribution in [0.1, 0.15) is 51.4 Å². The van der Waals surface area contributed by atoms with Gasteiger partial charge in [0, 0.05) is 12.5 Å². The first kappa shape index (κ1) is 11.6. The molecule has 4 rings (SSSR count). The fraction of sp³-hybridized carbons (Fsp3) is 0.867. The molecule has 4 aliphatic rings. The van der Waals surface area contributed by atoms with E-state index in [1.165, 1.54) is 38.5 Å². The van der Waals surface area contributed by atoms with E-state index in [1.54, 1.807) is 0 Å². The zero-order chi connectivity index (χ0) is 11.9. The second kappa shape index (κ2) is 4.30. The van der Waals surface area contributed by atoms with Gasteiger partial charge >= 0.3 is 0 Å². The van der Waals surface area contributed by atoms with Gasteiger partial charge in [-0.1, -0.05) is 0 Å². The van der Waals surface area contributed by atoms with Crippen LogP contribution in [0, 0.1) is 35.5 Å². The largest absolute Gasteiger partial charge is 0.271 e. The van der Waals surface area contributed by atoms with Gasteiger partial charge < -0.3 is 0 Å². The number of hydrogen-bond donors (Lipinski definition) is 2. The van der Waals surface area contributed by atoms with E-state index in [0.29, 0.717) is 11.5 Å². The van der Waals surface area contributed by atoms with E-state index >= 15 is 0 Å². The molecule has 0 aromatic carbocycles. The van der Waals surface area contributed by atoms with Gasteiger partial charge in [-0.3, -0.25) is 11.3 Å². The summed E-state index contributed by atoms with van der Waals surface area (Å²) >= 11 is 0. The average molecular weight is 232 g/mol. The second-order valence-corrected chi connectivity index (χ2v) is 6.74. The standard InChI is InChI=1S/C15H24N2/c1-2-3-4-14(17-16)15-8-11-5-12(9-15)7-13(6-11)10-15/h1,11-14,17H,3-10,16H2. The number of nitrogens with one attached hydrogen (secondary N) is 1. The number of terminal acetylenes is 1. The van der Waals surface area contributed by atoms with Crippen LogP contribution < -0.4 is 11.3 Å². The summed E-state index contributed by atoms with van der Waals surface area (Å²) in [7, 11) is 0. The highest BCUT2D eigenvalue weighted by Gasteiger charge is 2.53. The van der Waals surface area contributed by atoms with Crippen LogP contribution in [0.3, 0.4) is 0 Å². The first-order chi connectivity index (χ1) is 8.25. The van der Waals surface area contributed by atoms with Crippen molar-refractivity contribution < 1.29 is 0 Å². The van der Waals surface area contributed by atoms with Crippen LogP contribution in [-0.4, -0.2) is 6.04 Å². The summed E-state index contributed by atoms with van der Waals surface area (Å²) in [5.41, 5.74) is 3.58. The first-order valence-corrected chi connectivity index (χ1v) is 7.15. The summed E-state index contributed by atoms with van der Waals surface area (Å²) in [5, 5.41) is 0. The molecule has 0 heterocycles. The van der Waals surface area contributed by atoms with Gasteiger partial charge in [-0.15, -0.1) is 12.3 Å². The molecule has 2 nitrogen and oxygen atoms in total. The lowest BCUT2D eigenvalue weighted by atomic mass is 9.47. The lowest BCUT2D eigenvalue weighted by Crippen LogP contribution is -2.57. The van der Waals surface area contributed by atoms with E-state index < -0.39 is 0 Å². The van der Waals surface area contributed by atoms with Crippen molar-refractivity contribution in [2.45, 2.75) is 57.4 Å². The van der Waals surface area contributed by atoms with Gasteiger partial charge in [0.25, 0.3) is 0 Å². The Bertz CT molecular complexity index is 293. The van der Waals surface area contributed by atoms with Crippen molar-refractivity contribution in [1.82, 2.24) is 5.43 Å². The first-order valence-electron chi connectivity index (χ1n) is 7.15. The van der Waals surface area contributed by atoms with E-state index in [2.05, 4.69) is 11.3 Å². The fourth-order valence-electron chi connectivity index (χ4n) is 5.40. The molecule has 4 fully saturated rings. The predicted molar refractivity (Wildman–Crippen MR) is 69.8 cm³/mol. The Morgan fingerprint density at radius 3 is 2.12 bits per heavy atom. The summed E-state index contributed by atoms with van der Waals surface area (Å²) in [5.74, 6) is 11.6. The SMILES string of the molecule is C#CCCC(NN)C12CC3CC(CC(C3)C1)C2. The molecular weight excluding hydrogens is 208 g/mol. The molecule has 0 spiro atoms. The number of nitrogens with two attached hydrogens (primary N) is 1. The van der Waals surface area contributed by atoms with Crippen molar-refractivity contribution in [1.29, 1.82) is 0 Å².